The summed E-state index contributed by atoms with van der Waals surface area (Å²) in [6, 6.07) is 0.977. The SMILES string of the molecule is COC(=O)C(C)NS(=O)(=O)c1cc(N)c(F)cc1C. The molecule has 8 heteroatoms. The Morgan fingerprint density at radius 2 is 2.05 bits per heavy atom. The van der Waals surface area contributed by atoms with Crippen molar-refractivity contribution in [3.8, 4) is 0 Å². The summed E-state index contributed by atoms with van der Waals surface area (Å²) in [4.78, 5) is 11.0. The fourth-order valence-corrected chi connectivity index (χ4v) is 2.93. The van der Waals surface area contributed by atoms with Crippen LogP contribution in [-0.2, 0) is 19.6 Å². The highest BCUT2D eigenvalue weighted by atomic mass is 32.2. The maximum Gasteiger partial charge on any atom is 0.323 e. The van der Waals surface area contributed by atoms with Crippen LogP contribution in [0.1, 0.15) is 12.5 Å². The maximum atomic E-state index is 13.2. The number of nitrogens with two attached hydrogens (primary N) is 1. The van der Waals surface area contributed by atoms with Crippen LogP contribution in [0.2, 0.25) is 0 Å². The number of methoxy groups -OCH3 is 1. The monoisotopic (exact) mass is 290 g/mol. The molecule has 106 valence electrons. The minimum absolute atomic E-state index is 0.179. The summed E-state index contributed by atoms with van der Waals surface area (Å²) in [6.07, 6.45) is 0. The van der Waals surface area contributed by atoms with Crippen molar-refractivity contribution in [3.05, 3.63) is 23.5 Å². The first-order valence-corrected chi connectivity index (χ1v) is 6.83. The largest absolute Gasteiger partial charge is 0.468 e. The number of halogens is 1. The fourth-order valence-electron chi connectivity index (χ4n) is 1.48. The molecule has 0 bridgehead atoms. The minimum atomic E-state index is -3.98. The van der Waals surface area contributed by atoms with Crippen molar-refractivity contribution < 1.29 is 22.3 Å². The number of sulfonamides is 1. The topological polar surface area (TPSA) is 98.5 Å². The van der Waals surface area contributed by atoms with Crippen molar-refractivity contribution in [3.63, 3.8) is 0 Å². The van der Waals surface area contributed by atoms with E-state index < -0.39 is 27.9 Å². The third kappa shape index (κ3) is 3.42. The molecule has 0 aromatic heterocycles. The van der Waals surface area contributed by atoms with Crippen LogP contribution in [-0.4, -0.2) is 27.5 Å². The summed E-state index contributed by atoms with van der Waals surface area (Å²) >= 11 is 0. The molecule has 0 aliphatic rings. The van der Waals surface area contributed by atoms with Gasteiger partial charge in [-0.1, -0.05) is 0 Å². The minimum Gasteiger partial charge on any atom is -0.468 e. The van der Waals surface area contributed by atoms with Gasteiger partial charge < -0.3 is 10.5 Å². The van der Waals surface area contributed by atoms with Gasteiger partial charge in [-0.05, 0) is 31.5 Å². The van der Waals surface area contributed by atoms with E-state index in [1.807, 2.05) is 0 Å². The number of carbonyl (C=O) groups is 1. The summed E-state index contributed by atoms with van der Waals surface area (Å²) in [5.41, 5.74) is 5.25. The number of benzene rings is 1. The number of nitrogens with one attached hydrogen (secondary N) is 1. The van der Waals surface area contributed by atoms with Gasteiger partial charge in [0.2, 0.25) is 10.0 Å². The molecule has 0 aliphatic heterocycles. The molecule has 0 fully saturated rings. The summed E-state index contributed by atoms with van der Waals surface area (Å²) in [5.74, 6) is -1.42. The molecule has 0 aliphatic carbocycles. The summed E-state index contributed by atoms with van der Waals surface area (Å²) in [5, 5.41) is 0. The molecule has 0 heterocycles. The number of rotatable bonds is 4. The zero-order chi connectivity index (χ0) is 14.8. The highest BCUT2D eigenvalue weighted by molar-refractivity contribution is 7.89. The Labute approximate surface area is 110 Å². The van der Waals surface area contributed by atoms with Crippen LogP contribution in [0.3, 0.4) is 0 Å². The number of hydrogen-bond donors (Lipinski definition) is 2. The highest BCUT2D eigenvalue weighted by Gasteiger charge is 2.24. The van der Waals surface area contributed by atoms with Gasteiger partial charge in [-0.3, -0.25) is 4.79 Å². The number of hydrogen-bond acceptors (Lipinski definition) is 5. The van der Waals surface area contributed by atoms with Gasteiger partial charge in [-0.25, -0.2) is 12.8 Å². The Kier molecular flexibility index (Phi) is 4.48. The second kappa shape index (κ2) is 5.54. The number of ether oxygens (including phenoxy) is 1. The van der Waals surface area contributed by atoms with Crippen molar-refractivity contribution in [2.45, 2.75) is 24.8 Å². The van der Waals surface area contributed by atoms with Crippen molar-refractivity contribution in [1.29, 1.82) is 0 Å². The van der Waals surface area contributed by atoms with Crippen molar-refractivity contribution in [2.24, 2.45) is 0 Å². The van der Waals surface area contributed by atoms with Crippen LogP contribution in [0, 0.1) is 12.7 Å². The first-order valence-electron chi connectivity index (χ1n) is 5.35. The number of nitrogen functional groups attached to an aromatic ring is 1. The average molecular weight is 290 g/mol. The first-order chi connectivity index (χ1) is 8.69. The average Bonchev–Trinajstić information content (AvgIpc) is 2.31. The predicted octanol–water partition coefficient (Wildman–Crippen LogP) is 0.556. The van der Waals surface area contributed by atoms with Crippen molar-refractivity contribution >= 4 is 21.7 Å². The van der Waals surface area contributed by atoms with Crippen LogP contribution in [0.4, 0.5) is 10.1 Å². The summed E-state index contributed by atoms with van der Waals surface area (Å²) < 4.78 is 43.8. The number of aryl methyl sites for hydroxylation is 1. The number of anilines is 1. The molecule has 1 atom stereocenters. The molecular weight excluding hydrogens is 275 g/mol. The van der Waals surface area contributed by atoms with E-state index in [2.05, 4.69) is 9.46 Å². The number of esters is 1. The lowest BCUT2D eigenvalue weighted by Crippen LogP contribution is -2.39. The molecule has 19 heavy (non-hydrogen) atoms. The third-order valence-corrected chi connectivity index (χ3v) is 4.15. The quantitative estimate of drug-likeness (QED) is 0.623. The van der Waals surface area contributed by atoms with Gasteiger partial charge in [0.25, 0.3) is 0 Å². The lowest BCUT2D eigenvalue weighted by Gasteiger charge is -2.14. The second-order valence-electron chi connectivity index (χ2n) is 4.01. The lowest BCUT2D eigenvalue weighted by molar-refractivity contribution is -0.142. The lowest BCUT2D eigenvalue weighted by atomic mass is 10.2. The Morgan fingerprint density at radius 1 is 1.47 bits per heavy atom. The Morgan fingerprint density at radius 3 is 2.58 bits per heavy atom. The van der Waals surface area contributed by atoms with Gasteiger partial charge >= 0.3 is 5.97 Å². The molecule has 0 saturated heterocycles. The Bertz CT molecular complexity index is 601. The molecule has 0 spiro atoms. The third-order valence-electron chi connectivity index (χ3n) is 2.47. The van der Waals surface area contributed by atoms with E-state index >= 15 is 0 Å². The zero-order valence-corrected chi connectivity index (χ0v) is 11.5. The van der Waals surface area contributed by atoms with Crippen LogP contribution in [0.25, 0.3) is 0 Å². The Balaban J connectivity index is 3.14. The fraction of sp³-hybridized carbons (Fsp3) is 0.364. The molecule has 0 amide bonds. The molecule has 0 radical (unpaired) electrons. The molecule has 6 nitrogen and oxygen atoms in total. The van der Waals surface area contributed by atoms with E-state index in [9.17, 15) is 17.6 Å². The first kappa shape index (κ1) is 15.4. The van der Waals surface area contributed by atoms with E-state index in [-0.39, 0.29) is 16.1 Å². The van der Waals surface area contributed by atoms with Crippen LogP contribution < -0.4 is 10.5 Å². The highest BCUT2D eigenvalue weighted by Crippen LogP contribution is 2.21. The van der Waals surface area contributed by atoms with Crippen LogP contribution in [0.15, 0.2) is 17.0 Å². The van der Waals surface area contributed by atoms with Crippen LogP contribution in [0.5, 0.6) is 0 Å². The number of carbonyl (C=O) groups excluding carboxylic acids is 1. The van der Waals surface area contributed by atoms with Crippen molar-refractivity contribution in [2.75, 3.05) is 12.8 Å². The molecule has 1 aromatic carbocycles. The summed E-state index contributed by atoms with van der Waals surface area (Å²) in [7, 11) is -2.83. The predicted molar refractivity (Wildman–Crippen MR) is 67.3 cm³/mol. The normalized spacial score (nSPS) is 13.1. The van der Waals surface area contributed by atoms with E-state index in [4.69, 9.17) is 5.73 Å². The molecule has 1 unspecified atom stereocenters. The van der Waals surface area contributed by atoms with Crippen molar-refractivity contribution in [1.82, 2.24) is 4.72 Å². The van der Waals surface area contributed by atoms with E-state index in [0.29, 0.717) is 0 Å². The van der Waals surface area contributed by atoms with E-state index in [1.165, 1.54) is 13.8 Å². The van der Waals surface area contributed by atoms with Crippen LogP contribution >= 0.6 is 0 Å². The summed E-state index contributed by atoms with van der Waals surface area (Å²) in [6.45, 7) is 2.77. The van der Waals surface area contributed by atoms with E-state index in [1.54, 1.807) is 0 Å². The van der Waals surface area contributed by atoms with Gasteiger partial charge in [-0.2, -0.15) is 4.72 Å². The van der Waals surface area contributed by atoms with Gasteiger partial charge in [0, 0.05) is 0 Å². The molecule has 3 N–H and O–H groups in total. The standard InChI is InChI=1S/C11H15FN2O4S/c1-6-4-8(12)9(13)5-10(6)19(16,17)14-7(2)11(15)18-3/h4-5,7,14H,13H2,1-3H3. The maximum absolute atomic E-state index is 13.2. The second-order valence-corrected chi connectivity index (χ2v) is 5.69. The Hall–Kier alpha value is -1.67. The molecular formula is C11H15FN2O4S. The van der Waals surface area contributed by atoms with E-state index in [0.717, 1.165) is 19.2 Å². The molecule has 0 saturated carbocycles. The van der Waals surface area contributed by atoms with Gasteiger partial charge in [0.1, 0.15) is 11.9 Å². The smallest absolute Gasteiger partial charge is 0.323 e. The van der Waals surface area contributed by atoms with Gasteiger partial charge in [-0.15, -0.1) is 0 Å². The van der Waals surface area contributed by atoms with Gasteiger partial charge in [0.15, 0.2) is 0 Å². The molecule has 1 aromatic rings. The zero-order valence-electron chi connectivity index (χ0n) is 10.7. The molecule has 1 rings (SSSR count). The van der Waals surface area contributed by atoms with Gasteiger partial charge in [0.05, 0.1) is 17.7 Å².